The van der Waals surface area contributed by atoms with E-state index in [2.05, 4.69) is 16.6 Å². The average Bonchev–Trinajstić information content (AvgIpc) is 2.38. The van der Waals surface area contributed by atoms with Crippen LogP contribution in [0.25, 0.3) is 0 Å². The Morgan fingerprint density at radius 1 is 1.37 bits per heavy atom. The van der Waals surface area contributed by atoms with Crippen molar-refractivity contribution in [1.82, 2.24) is 0 Å². The minimum Gasteiger partial charge on any atom is -0.469 e. The molecule has 0 aliphatic heterocycles. The van der Waals surface area contributed by atoms with Gasteiger partial charge in [-0.2, -0.15) is 0 Å². The molecule has 1 aromatic carbocycles. The van der Waals surface area contributed by atoms with Crippen molar-refractivity contribution in [1.29, 1.82) is 0 Å². The first-order chi connectivity index (χ1) is 9.11. The Bertz CT molecular complexity index is 512. The molecule has 0 unspecified atom stereocenters. The van der Waals surface area contributed by atoms with Crippen LogP contribution in [0.15, 0.2) is 24.3 Å². The van der Waals surface area contributed by atoms with Crippen LogP contribution < -0.4 is 0 Å². The van der Waals surface area contributed by atoms with Crippen LogP contribution in [0.5, 0.6) is 0 Å². The zero-order valence-electron chi connectivity index (χ0n) is 11.1. The van der Waals surface area contributed by atoms with E-state index < -0.39 is 0 Å². The number of rotatable bonds is 4. The fraction of sp³-hybridized carbons (Fsp3) is 0.333. The zero-order chi connectivity index (χ0) is 14.1. The topological polar surface area (TPSA) is 43.4 Å². The van der Waals surface area contributed by atoms with E-state index in [-0.39, 0.29) is 17.5 Å². The van der Waals surface area contributed by atoms with E-state index in [9.17, 15) is 9.59 Å². The molecule has 4 heteroatoms. The minimum atomic E-state index is -0.261. The van der Waals surface area contributed by atoms with E-state index in [0.717, 1.165) is 11.1 Å². The molecule has 0 aliphatic carbocycles. The van der Waals surface area contributed by atoms with E-state index >= 15 is 0 Å². The lowest BCUT2D eigenvalue weighted by Crippen LogP contribution is -2.04. The zero-order valence-corrected chi connectivity index (χ0v) is 11.9. The van der Waals surface area contributed by atoms with Gasteiger partial charge in [0.15, 0.2) is 5.12 Å². The molecule has 0 fully saturated rings. The molecule has 0 aromatic heterocycles. The number of methoxy groups -OCH3 is 1. The Balaban J connectivity index is 2.54. The second kappa shape index (κ2) is 8.39. The van der Waals surface area contributed by atoms with Crippen LogP contribution in [0, 0.1) is 11.8 Å². The first kappa shape index (κ1) is 15.3. The molecular weight excluding hydrogens is 260 g/mol. The van der Waals surface area contributed by atoms with Crippen LogP contribution in [-0.4, -0.2) is 23.9 Å². The number of hydrogen-bond acceptors (Lipinski definition) is 4. The predicted octanol–water partition coefficient (Wildman–Crippen LogP) is 2.42. The summed E-state index contributed by atoms with van der Waals surface area (Å²) in [4.78, 5) is 21.9. The fourth-order valence-corrected chi connectivity index (χ4v) is 1.90. The van der Waals surface area contributed by atoms with Gasteiger partial charge >= 0.3 is 5.97 Å². The van der Waals surface area contributed by atoms with Crippen LogP contribution in [0.3, 0.4) is 0 Å². The Kier molecular flexibility index (Phi) is 6.76. The molecule has 0 spiro atoms. The molecule has 0 bridgehead atoms. The maximum absolute atomic E-state index is 11.2. The van der Waals surface area contributed by atoms with Gasteiger partial charge in [-0.1, -0.05) is 35.7 Å². The van der Waals surface area contributed by atoms with Gasteiger partial charge < -0.3 is 4.74 Å². The van der Waals surface area contributed by atoms with Crippen LogP contribution in [0.1, 0.15) is 24.5 Å². The first-order valence-electron chi connectivity index (χ1n) is 5.90. The minimum absolute atomic E-state index is 0.113. The third kappa shape index (κ3) is 6.68. The number of carbonyl (C=O) groups excluding carboxylic acids is 2. The van der Waals surface area contributed by atoms with Crippen LogP contribution in [0.4, 0.5) is 0 Å². The highest BCUT2D eigenvalue weighted by atomic mass is 32.2. The Labute approximate surface area is 117 Å². The first-order valence-corrected chi connectivity index (χ1v) is 6.88. The van der Waals surface area contributed by atoms with Crippen molar-refractivity contribution in [3.63, 3.8) is 0 Å². The number of ether oxygens (including phenoxy) is 1. The molecule has 0 amide bonds. The summed E-state index contributed by atoms with van der Waals surface area (Å²) in [6.07, 6.45) is 0.928. The maximum Gasteiger partial charge on any atom is 0.309 e. The quantitative estimate of drug-likeness (QED) is 0.481. The summed E-state index contributed by atoms with van der Waals surface area (Å²) in [6, 6.07) is 7.51. The second-order valence-electron chi connectivity index (χ2n) is 3.85. The third-order valence-corrected chi connectivity index (χ3v) is 3.08. The number of esters is 1. The Hall–Kier alpha value is -1.73. The molecule has 3 nitrogen and oxygen atoms in total. The molecule has 0 heterocycles. The molecular formula is C15H16O3S. The maximum atomic E-state index is 11.2. The van der Waals surface area contributed by atoms with Gasteiger partial charge in [-0.3, -0.25) is 9.59 Å². The molecule has 0 radical (unpaired) electrons. The number of thioether (sulfide) groups is 1. The van der Waals surface area contributed by atoms with Gasteiger partial charge in [0.25, 0.3) is 0 Å². The SMILES string of the molecule is COC(=O)Cc1cccc(C#CCCSC(C)=O)c1. The van der Waals surface area contributed by atoms with E-state index in [4.69, 9.17) is 0 Å². The van der Waals surface area contributed by atoms with Gasteiger partial charge in [0, 0.05) is 24.7 Å². The van der Waals surface area contributed by atoms with E-state index in [1.807, 2.05) is 24.3 Å². The second-order valence-corrected chi connectivity index (χ2v) is 5.12. The summed E-state index contributed by atoms with van der Waals surface area (Å²) in [7, 11) is 1.37. The van der Waals surface area contributed by atoms with Gasteiger partial charge in [0.2, 0.25) is 0 Å². The molecule has 0 saturated heterocycles. The lowest BCUT2D eigenvalue weighted by molar-refractivity contribution is -0.139. The molecule has 100 valence electrons. The van der Waals surface area contributed by atoms with Crippen LogP contribution in [-0.2, 0) is 20.7 Å². The van der Waals surface area contributed by atoms with Crippen molar-refractivity contribution in [3.8, 4) is 11.8 Å². The lowest BCUT2D eigenvalue weighted by atomic mass is 10.1. The third-order valence-electron chi connectivity index (χ3n) is 2.27. The number of benzene rings is 1. The molecule has 1 aromatic rings. The van der Waals surface area contributed by atoms with E-state index in [1.54, 1.807) is 6.92 Å². The van der Waals surface area contributed by atoms with Crippen molar-refractivity contribution < 1.29 is 14.3 Å². The molecule has 0 saturated carbocycles. The average molecular weight is 276 g/mol. The highest BCUT2D eigenvalue weighted by Gasteiger charge is 2.02. The monoisotopic (exact) mass is 276 g/mol. The van der Waals surface area contributed by atoms with Crippen molar-refractivity contribution in [2.75, 3.05) is 12.9 Å². The van der Waals surface area contributed by atoms with Crippen LogP contribution >= 0.6 is 11.8 Å². The highest BCUT2D eigenvalue weighted by Crippen LogP contribution is 2.06. The normalized spacial score (nSPS) is 9.37. The van der Waals surface area contributed by atoms with Gasteiger partial charge in [-0.25, -0.2) is 0 Å². The molecule has 0 N–H and O–H groups in total. The molecule has 0 atom stereocenters. The van der Waals surface area contributed by atoms with Gasteiger partial charge in [0.05, 0.1) is 13.5 Å². The molecule has 19 heavy (non-hydrogen) atoms. The van der Waals surface area contributed by atoms with Crippen molar-refractivity contribution >= 4 is 22.8 Å². The summed E-state index contributed by atoms with van der Waals surface area (Å²) in [5, 5.41) is 0.113. The summed E-state index contributed by atoms with van der Waals surface area (Å²) < 4.78 is 4.62. The number of carbonyl (C=O) groups is 2. The Morgan fingerprint density at radius 2 is 2.16 bits per heavy atom. The van der Waals surface area contributed by atoms with Gasteiger partial charge in [-0.15, -0.1) is 0 Å². The number of hydrogen-bond donors (Lipinski definition) is 0. The summed E-state index contributed by atoms with van der Waals surface area (Å²) in [6.45, 7) is 1.55. The predicted molar refractivity (Wildman–Crippen MR) is 76.8 cm³/mol. The van der Waals surface area contributed by atoms with Crippen LogP contribution in [0.2, 0.25) is 0 Å². The van der Waals surface area contributed by atoms with Crippen molar-refractivity contribution in [3.05, 3.63) is 35.4 Å². The standard InChI is InChI=1S/C15H16O3S/c1-12(16)19-9-4-3-6-13-7-5-8-14(10-13)11-15(17)18-2/h5,7-8,10H,4,9,11H2,1-2H3. The highest BCUT2D eigenvalue weighted by molar-refractivity contribution is 8.13. The van der Waals surface area contributed by atoms with Crippen molar-refractivity contribution in [2.24, 2.45) is 0 Å². The summed E-state index contributed by atoms with van der Waals surface area (Å²) in [5.74, 6) is 6.49. The van der Waals surface area contributed by atoms with Gasteiger partial charge in [-0.05, 0) is 17.7 Å². The smallest absolute Gasteiger partial charge is 0.309 e. The summed E-state index contributed by atoms with van der Waals surface area (Å²) >= 11 is 1.28. The largest absolute Gasteiger partial charge is 0.469 e. The molecule has 1 rings (SSSR count). The lowest BCUT2D eigenvalue weighted by Gasteiger charge is -2.00. The fourth-order valence-electron chi connectivity index (χ4n) is 1.41. The van der Waals surface area contributed by atoms with Gasteiger partial charge in [0.1, 0.15) is 0 Å². The van der Waals surface area contributed by atoms with E-state index in [1.165, 1.54) is 18.9 Å². The summed E-state index contributed by atoms with van der Waals surface area (Å²) in [5.41, 5.74) is 1.76. The Morgan fingerprint density at radius 3 is 2.84 bits per heavy atom. The molecule has 0 aliphatic rings. The van der Waals surface area contributed by atoms with E-state index in [0.29, 0.717) is 12.2 Å². The van der Waals surface area contributed by atoms with Crippen molar-refractivity contribution in [2.45, 2.75) is 19.8 Å².